The number of hydrogen-bond acceptors (Lipinski definition) is 5. The molecule has 0 N–H and O–H groups in total. The molecule has 3 aromatic rings. The Morgan fingerprint density at radius 3 is 2.21 bits per heavy atom. The Hall–Kier alpha value is -3.74. The van der Waals surface area contributed by atoms with Crippen molar-refractivity contribution in [2.24, 2.45) is 18.9 Å². The Morgan fingerprint density at radius 1 is 0.912 bits per heavy atom. The highest BCUT2D eigenvalue weighted by Gasteiger charge is 2.48. The molecule has 0 spiro atoms. The molecule has 2 aromatic carbocycles. The highest BCUT2D eigenvalue weighted by molar-refractivity contribution is 6.14. The number of aromatic nitrogens is 1. The zero-order valence-corrected chi connectivity index (χ0v) is 19.0. The number of likely N-dealkylation sites (tertiary alicyclic amines) is 1. The molecule has 2 aliphatic rings. The van der Waals surface area contributed by atoms with Gasteiger partial charge < -0.3 is 9.30 Å². The van der Waals surface area contributed by atoms with E-state index in [1.54, 1.807) is 0 Å². The van der Waals surface area contributed by atoms with Crippen molar-refractivity contribution < 1.29 is 23.9 Å². The number of rotatable bonds is 6. The molecule has 5 rings (SSSR count). The Morgan fingerprint density at radius 2 is 1.53 bits per heavy atom. The van der Waals surface area contributed by atoms with Crippen LogP contribution in [0.1, 0.15) is 36.0 Å². The summed E-state index contributed by atoms with van der Waals surface area (Å²) in [5.74, 6) is -2.32. The number of aryl methyl sites for hydroxylation is 1. The van der Waals surface area contributed by atoms with E-state index >= 15 is 0 Å². The lowest BCUT2D eigenvalue weighted by molar-refractivity contribution is -0.152. The van der Waals surface area contributed by atoms with Gasteiger partial charge in [-0.1, -0.05) is 61.4 Å². The van der Waals surface area contributed by atoms with Gasteiger partial charge in [0, 0.05) is 18.0 Å². The van der Waals surface area contributed by atoms with Crippen molar-refractivity contribution in [3.8, 4) is 11.3 Å². The maximum Gasteiger partial charge on any atom is 0.326 e. The molecule has 2 heterocycles. The van der Waals surface area contributed by atoms with Crippen molar-refractivity contribution in [2.45, 2.75) is 25.7 Å². The second-order valence-electron chi connectivity index (χ2n) is 9.01. The second kappa shape index (κ2) is 8.89. The van der Waals surface area contributed by atoms with Gasteiger partial charge >= 0.3 is 5.97 Å². The number of nitrogens with zero attached hydrogens (tertiary/aromatic N) is 2. The maximum atomic E-state index is 13.3. The predicted molar refractivity (Wildman–Crippen MR) is 126 cm³/mol. The number of amides is 2. The van der Waals surface area contributed by atoms with E-state index < -0.39 is 19.1 Å². The molecule has 0 radical (unpaired) electrons. The van der Waals surface area contributed by atoms with Crippen molar-refractivity contribution in [3.63, 3.8) is 0 Å². The molecule has 7 nitrogen and oxygen atoms in total. The first-order chi connectivity index (χ1) is 16.5. The van der Waals surface area contributed by atoms with Gasteiger partial charge in [-0.2, -0.15) is 0 Å². The van der Waals surface area contributed by atoms with E-state index in [1.165, 1.54) is 0 Å². The molecule has 1 saturated heterocycles. The minimum absolute atomic E-state index is 0.293. The molecule has 2 amide bonds. The van der Waals surface area contributed by atoms with E-state index in [4.69, 9.17) is 4.74 Å². The van der Waals surface area contributed by atoms with Gasteiger partial charge in [0.1, 0.15) is 6.54 Å². The number of hydrogen-bond donors (Lipinski definition) is 0. The quantitative estimate of drug-likeness (QED) is 0.319. The topological polar surface area (TPSA) is 85.7 Å². The van der Waals surface area contributed by atoms with E-state index in [2.05, 4.69) is 0 Å². The summed E-state index contributed by atoms with van der Waals surface area (Å²) in [6.45, 7) is -0.908. The molecule has 1 aliphatic carbocycles. The molecule has 1 saturated carbocycles. The number of ketones is 1. The summed E-state index contributed by atoms with van der Waals surface area (Å²) in [7, 11) is 1.90. The maximum absolute atomic E-state index is 13.3. The highest BCUT2D eigenvalue weighted by atomic mass is 16.5. The van der Waals surface area contributed by atoms with Crippen molar-refractivity contribution in [1.82, 2.24) is 9.47 Å². The van der Waals surface area contributed by atoms with E-state index in [0.29, 0.717) is 18.4 Å². The largest absolute Gasteiger partial charge is 0.456 e. The Kier molecular flexibility index (Phi) is 5.77. The van der Waals surface area contributed by atoms with Gasteiger partial charge in [-0.3, -0.25) is 24.1 Å². The first-order valence-corrected chi connectivity index (χ1v) is 11.6. The van der Waals surface area contributed by atoms with Gasteiger partial charge in [-0.15, -0.1) is 0 Å². The fraction of sp³-hybridized carbons (Fsp3) is 0.333. The summed E-state index contributed by atoms with van der Waals surface area (Å²) < 4.78 is 7.24. The molecule has 174 valence electrons. The number of ether oxygens (including phenoxy) is 1. The zero-order valence-electron chi connectivity index (χ0n) is 19.0. The molecular formula is C27H26N2O5. The van der Waals surface area contributed by atoms with Crippen LogP contribution in [-0.4, -0.2) is 46.2 Å². The summed E-state index contributed by atoms with van der Waals surface area (Å²) >= 11 is 0. The molecule has 2 unspecified atom stereocenters. The third kappa shape index (κ3) is 3.71. The summed E-state index contributed by atoms with van der Waals surface area (Å²) in [6, 6.07) is 17.2. The van der Waals surface area contributed by atoms with Crippen molar-refractivity contribution in [3.05, 3.63) is 60.2 Å². The summed E-state index contributed by atoms with van der Waals surface area (Å²) in [6.07, 6.45) is 3.20. The Bertz CT molecular complexity index is 1270. The number of benzene rings is 2. The third-order valence-electron chi connectivity index (χ3n) is 7.02. The second-order valence-corrected chi connectivity index (χ2v) is 9.01. The van der Waals surface area contributed by atoms with Gasteiger partial charge in [-0.25, -0.2) is 0 Å². The zero-order chi connectivity index (χ0) is 23.8. The number of Topliss-reactive ketones (excluding diaryl/α,β-unsaturated/α-hetero) is 1. The van der Waals surface area contributed by atoms with Crippen molar-refractivity contribution in [1.29, 1.82) is 0 Å². The van der Waals surface area contributed by atoms with E-state index in [-0.39, 0.29) is 29.4 Å². The van der Waals surface area contributed by atoms with Crippen LogP contribution in [0.5, 0.6) is 0 Å². The number of fused-ring (bicyclic) bond motifs is 2. The van der Waals surface area contributed by atoms with Crippen LogP contribution in [0.25, 0.3) is 22.2 Å². The van der Waals surface area contributed by atoms with Crippen LogP contribution in [0.15, 0.2) is 54.6 Å². The van der Waals surface area contributed by atoms with Crippen LogP contribution < -0.4 is 0 Å². The molecule has 0 bridgehead atoms. The van der Waals surface area contributed by atoms with Crippen LogP contribution in [0.3, 0.4) is 0 Å². The number of esters is 1. The van der Waals surface area contributed by atoms with E-state index in [0.717, 1.165) is 39.9 Å². The molecule has 1 aliphatic heterocycles. The summed E-state index contributed by atoms with van der Waals surface area (Å²) in [5, 5.41) is 0.777. The predicted octanol–water partition coefficient (Wildman–Crippen LogP) is 3.75. The molecule has 34 heavy (non-hydrogen) atoms. The first kappa shape index (κ1) is 22.1. The fourth-order valence-electron chi connectivity index (χ4n) is 5.39. The molecule has 2 atom stereocenters. The lowest BCUT2D eigenvalue weighted by atomic mass is 9.81. The molecular weight excluding hydrogens is 432 g/mol. The van der Waals surface area contributed by atoms with Gasteiger partial charge in [0.05, 0.1) is 23.1 Å². The number of carbonyl (C=O) groups is 4. The first-order valence-electron chi connectivity index (χ1n) is 11.6. The number of imide groups is 1. The smallest absolute Gasteiger partial charge is 0.326 e. The Labute approximate surface area is 197 Å². The van der Waals surface area contributed by atoms with Crippen LogP contribution in [0.4, 0.5) is 0 Å². The van der Waals surface area contributed by atoms with Gasteiger partial charge in [0.15, 0.2) is 6.61 Å². The van der Waals surface area contributed by atoms with E-state index in [1.807, 2.05) is 66.2 Å². The third-order valence-corrected chi connectivity index (χ3v) is 7.02. The minimum Gasteiger partial charge on any atom is -0.456 e. The summed E-state index contributed by atoms with van der Waals surface area (Å²) in [5.41, 5.74) is 3.01. The van der Waals surface area contributed by atoms with Gasteiger partial charge in [-0.05, 0) is 24.5 Å². The molecule has 2 fully saturated rings. The van der Waals surface area contributed by atoms with Crippen molar-refractivity contribution in [2.75, 3.05) is 13.2 Å². The highest BCUT2D eigenvalue weighted by Crippen LogP contribution is 2.38. The van der Waals surface area contributed by atoms with Gasteiger partial charge in [0.25, 0.3) is 0 Å². The minimum atomic E-state index is -0.754. The van der Waals surface area contributed by atoms with Crippen molar-refractivity contribution >= 4 is 34.5 Å². The number of para-hydroxylation sites is 1. The lowest BCUT2D eigenvalue weighted by Gasteiger charge is -2.19. The molecule has 7 heteroatoms. The summed E-state index contributed by atoms with van der Waals surface area (Å²) in [4.78, 5) is 52.1. The van der Waals surface area contributed by atoms with Crippen LogP contribution in [0.2, 0.25) is 0 Å². The average molecular weight is 459 g/mol. The van der Waals surface area contributed by atoms with E-state index in [9.17, 15) is 19.2 Å². The van der Waals surface area contributed by atoms with Crippen LogP contribution >= 0.6 is 0 Å². The molecule has 1 aromatic heterocycles. The average Bonchev–Trinajstić information content (AvgIpc) is 3.30. The standard InChI is InChI=1S/C27H26N2O5/c1-28-21-14-8-7-13-20(21)24(25(28)17-9-3-2-4-10-17)22(30)16-34-23(31)15-29-26(32)18-11-5-6-12-19(18)27(29)33/h2-4,7-10,13-14,18-19H,5-6,11-12,15-16H2,1H3. The monoisotopic (exact) mass is 458 g/mol. The van der Waals surface area contributed by atoms with Crippen LogP contribution in [-0.2, 0) is 26.2 Å². The SMILES string of the molecule is Cn1c(-c2ccccc2)c(C(=O)COC(=O)CN2C(=O)C3CCCCC3C2=O)c2ccccc21. The normalized spacial score (nSPS) is 20.0. The lowest BCUT2D eigenvalue weighted by Crippen LogP contribution is -2.37. The number of carbonyl (C=O) groups excluding carboxylic acids is 4. The van der Waals surface area contributed by atoms with Gasteiger partial charge in [0.2, 0.25) is 17.6 Å². The Balaban J connectivity index is 1.34. The fourth-order valence-corrected chi connectivity index (χ4v) is 5.39. The van der Waals surface area contributed by atoms with Crippen LogP contribution in [0, 0.1) is 11.8 Å².